The first-order valence-electron chi connectivity index (χ1n) is 12.1. The van der Waals surface area contributed by atoms with Crippen LogP contribution in [0.15, 0.2) is 42.0 Å². The zero-order valence-electron chi connectivity index (χ0n) is 20.2. The van der Waals surface area contributed by atoms with Crippen molar-refractivity contribution in [2.24, 2.45) is 0 Å². The van der Waals surface area contributed by atoms with E-state index in [1.54, 1.807) is 12.1 Å². The molecule has 35 heavy (non-hydrogen) atoms. The predicted molar refractivity (Wildman–Crippen MR) is 133 cm³/mol. The second kappa shape index (κ2) is 8.77. The molecule has 2 aromatic carbocycles. The maximum atomic E-state index is 13.5. The normalized spacial score (nSPS) is 27.1. The molecule has 3 aliphatic rings. The van der Waals surface area contributed by atoms with E-state index in [1.165, 1.54) is 23.1 Å². The first-order chi connectivity index (χ1) is 16.7. The third kappa shape index (κ3) is 4.68. The monoisotopic (exact) mass is 480 g/mol. The number of rotatable bonds is 8. The number of hydrogen-bond acceptors (Lipinski definition) is 7. The first kappa shape index (κ1) is 23.5. The van der Waals surface area contributed by atoms with Gasteiger partial charge in [0.2, 0.25) is 0 Å². The first-order valence-corrected chi connectivity index (χ1v) is 12.1. The summed E-state index contributed by atoms with van der Waals surface area (Å²) in [5.41, 5.74) is 2.13. The highest BCUT2D eigenvalue weighted by Gasteiger charge is 2.52. The maximum Gasteiger partial charge on any atom is 0.260 e. The molecule has 0 aliphatic carbocycles. The minimum atomic E-state index is -0.342. The standard InChI is InChI=1S/C27H32N2O6/c1-15(7-8-23-27(3,35-23)11-9-22-16(2)34-22)10-12-29-19-13-17(30)14-21(32)25(19)28-24-18(26(29)33)5-4-6-20(24)31/h4-6,10,13-14,16,22-23,28,30-32H,7-9,11-12H2,1-3H3. The number of aromatic hydroxyl groups is 3. The summed E-state index contributed by atoms with van der Waals surface area (Å²) in [6, 6.07) is 7.32. The lowest BCUT2D eigenvalue weighted by Crippen LogP contribution is -2.30. The van der Waals surface area contributed by atoms with E-state index in [4.69, 9.17) is 9.47 Å². The highest BCUT2D eigenvalue weighted by Crippen LogP contribution is 2.47. The fourth-order valence-electron chi connectivity index (χ4n) is 4.89. The molecule has 4 atom stereocenters. The highest BCUT2D eigenvalue weighted by atomic mass is 16.6. The van der Waals surface area contributed by atoms with Gasteiger partial charge in [-0.3, -0.25) is 4.79 Å². The molecule has 0 aromatic heterocycles. The van der Waals surface area contributed by atoms with E-state index in [0.29, 0.717) is 17.9 Å². The molecule has 3 heterocycles. The van der Waals surface area contributed by atoms with Gasteiger partial charge < -0.3 is 35.0 Å². The lowest BCUT2D eigenvalue weighted by Gasteiger charge is -2.22. The van der Waals surface area contributed by atoms with Gasteiger partial charge in [0, 0.05) is 18.7 Å². The average molecular weight is 481 g/mol. The molecule has 8 nitrogen and oxygen atoms in total. The Labute approximate surface area is 204 Å². The van der Waals surface area contributed by atoms with Gasteiger partial charge in [0.05, 0.1) is 40.9 Å². The molecule has 8 heteroatoms. The van der Waals surface area contributed by atoms with Crippen molar-refractivity contribution in [1.29, 1.82) is 0 Å². The van der Waals surface area contributed by atoms with Gasteiger partial charge in [-0.25, -0.2) is 0 Å². The SMILES string of the molecule is CC(=CCN1C(=O)c2cccc(O)c2Nc2c(O)cc(O)cc21)CCC1OC1(C)CCC1OC1C. The van der Waals surface area contributed by atoms with Crippen LogP contribution in [-0.2, 0) is 9.47 Å². The third-order valence-corrected chi connectivity index (χ3v) is 7.36. The van der Waals surface area contributed by atoms with Crippen LogP contribution in [-0.4, -0.2) is 51.7 Å². The smallest absolute Gasteiger partial charge is 0.260 e. The van der Waals surface area contributed by atoms with Crippen molar-refractivity contribution in [3.8, 4) is 17.2 Å². The van der Waals surface area contributed by atoms with Crippen LogP contribution in [0.2, 0.25) is 0 Å². The fourth-order valence-corrected chi connectivity index (χ4v) is 4.89. The molecule has 1 amide bonds. The van der Waals surface area contributed by atoms with E-state index >= 15 is 0 Å². The summed E-state index contributed by atoms with van der Waals surface area (Å²) in [6.45, 7) is 6.53. The summed E-state index contributed by atoms with van der Waals surface area (Å²) in [7, 11) is 0. The van der Waals surface area contributed by atoms with Crippen LogP contribution in [0.25, 0.3) is 0 Å². The Morgan fingerprint density at radius 3 is 2.69 bits per heavy atom. The molecule has 0 bridgehead atoms. The molecule has 186 valence electrons. The van der Waals surface area contributed by atoms with Crippen molar-refractivity contribution in [3.63, 3.8) is 0 Å². The number of carbonyl (C=O) groups is 1. The Balaban J connectivity index is 1.29. The van der Waals surface area contributed by atoms with Crippen LogP contribution in [0, 0.1) is 0 Å². The number of phenolic OH excluding ortho intramolecular Hbond substituents is 3. The van der Waals surface area contributed by atoms with Crippen molar-refractivity contribution in [1.82, 2.24) is 0 Å². The Morgan fingerprint density at radius 2 is 1.94 bits per heavy atom. The van der Waals surface area contributed by atoms with Crippen LogP contribution >= 0.6 is 0 Å². The number of amides is 1. The van der Waals surface area contributed by atoms with Gasteiger partial charge in [-0.1, -0.05) is 17.7 Å². The summed E-state index contributed by atoms with van der Waals surface area (Å²) >= 11 is 0. The van der Waals surface area contributed by atoms with E-state index in [1.807, 2.05) is 13.0 Å². The molecule has 0 radical (unpaired) electrons. The summed E-state index contributed by atoms with van der Waals surface area (Å²) in [4.78, 5) is 14.9. The number of epoxide rings is 2. The number of nitrogens with one attached hydrogen (secondary N) is 1. The Morgan fingerprint density at radius 1 is 1.17 bits per heavy atom. The van der Waals surface area contributed by atoms with Gasteiger partial charge in [0.1, 0.15) is 22.9 Å². The third-order valence-electron chi connectivity index (χ3n) is 7.36. The van der Waals surface area contributed by atoms with E-state index < -0.39 is 0 Å². The summed E-state index contributed by atoms with van der Waals surface area (Å²) < 4.78 is 11.5. The molecule has 3 aliphatic heterocycles. The highest BCUT2D eigenvalue weighted by molar-refractivity contribution is 6.15. The largest absolute Gasteiger partial charge is 0.508 e. The van der Waals surface area contributed by atoms with Crippen LogP contribution in [0.4, 0.5) is 17.1 Å². The number of carbonyl (C=O) groups excluding carboxylic acids is 1. The molecule has 2 fully saturated rings. The summed E-state index contributed by atoms with van der Waals surface area (Å²) in [5, 5.41) is 33.9. The zero-order valence-corrected chi connectivity index (χ0v) is 20.2. The molecule has 5 rings (SSSR count). The van der Waals surface area contributed by atoms with Crippen molar-refractivity contribution in [2.45, 2.75) is 70.4 Å². The number of nitrogens with zero attached hydrogens (tertiary/aromatic N) is 1. The van der Waals surface area contributed by atoms with Crippen molar-refractivity contribution in [3.05, 3.63) is 47.5 Å². The number of allylic oxidation sites excluding steroid dienone is 1. The van der Waals surface area contributed by atoms with Crippen molar-refractivity contribution < 1.29 is 29.6 Å². The molecule has 0 saturated carbocycles. The Hall–Kier alpha value is -3.23. The molecule has 2 saturated heterocycles. The number of benzene rings is 2. The van der Waals surface area contributed by atoms with Gasteiger partial charge >= 0.3 is 0 Å². The lowest BCUT2D eigenvalue weighted by atomic mass is 9.96. The van der Waals surface area contributed by atoms with Crippen molar-refractivity contribution >= 4 is 23.0 Å². The summed E-state index contributed by atoms with van der Waals surface area (Å²) in [6.07, 6.45) is 6.75. The molecular weight excluding hydrogens is 448 g/mol. The minimum absolute atomic E-state index is 0.0714. The number of anilines is 3. The van der Waals surface area contributed by atoms with Gasteiger partial charge in [0.15, 0.2) is 0 Å². The fraction of sp³-hybridized carbons (Fsp3) is 0.444. The number of hydrogen-bond donors (Lipinski definition) is 4. The number of fused-ring (bicyclic) bond motifs is 2. The minimum Gasteiger partial charge on any atom is -0.508 e. The predicted octanol–water partition coefficient (Wildman–Crippen LogP) is 4.96. The van der Waals surface area contributed by atoms with E-state index in [2.05, 4.69) is 19.2 Å². The number of phenols is 3. The van der Waals surface area contributed by atoms with E-state index in [-0.39, 0.29) is 58.3 Å². The van der Waals surface area contributed by atoms with Crippen molar-refractivity contribution in [2.75, 3.05) is 16.8 Å². The van der Waals surface area contributed by atoms with Gasteiger partial charge in [-0.15, -0.1) is 0 Å². The molecule has 2 aromatic rings. The summed E-state index contributed by atoms with van der Waals surface area (Å²) in [5.74, 6) is -0.817. The van der Waals surface area contributed by atoms with Crippen LogP contribution in [0.1, 0.15) is 56.8 Å². The maximum absolute atomic E-state index is 13.5. The molecule has 4 N–H and O–H groups in total. The molecule has 0 spiro atoms. The quantitative estimate of drug-likeness (QED) is 0.183. The molecule has 4 unspecified atom stereocenters. The Bertz CT molecular complexity index is 1190. The van der Waals surface area contributed by atoms with Gasteiger partial charge in [-0.2, -0.15) is 0 Å². The van der Waals surface area contributed by atoms with Gasteiger partial charge in [0.25, 0.3) is 5.91 Å². The zero-order chi connectivity index (χ0) is 24.9. The second-order valence-electron chi connectivity index (χ2n) is 10.0. The lowest BCUT2D eigenvalue weighted by molar-refractivity contribution is 0.0991. The van der Waals surface area contributed by atoms with E-state index in [0.717, 1.165) is 31.3 Å². The Kier molecular flexibility index (Phi) is 5.89. The van der Waals surface area contributed by atoms with Crippen LogP contribution < -0.4 is 10.2 Å². The van der Waals surface area contributed by atoms with Gasteiger partial charge in [-0.05, 0) is 58.6 Å². The molecular formula is C27H32N2O6. The number of ether oxygens (including phenoxy) is 2. The number of para-hydroxylation sites is 1. The van der Waals surface area contributed by atoms with Crippen LogP contribution in [0.3, 0.4) is 0 Å². The van der Waals surface area contributed by atoms with E-state index in [9.17, 15) is 20.1 Å². The van der Waals surface area contributed by atoms with Crippen LogP contribution in [0.5, 0.6) is 17.2 Å². The second-order valence-corrected chi connectivity index (χ2v) is 10.0. The topological polar surface area (TPSA) is 118 Å². The average Bonchev–Trinajstić information content (AvgIpc) is 3.70.